The Bertz CT molecular complexity index is 924. The van der Waals surface area contributed by atoms with Gasteiger partial charge in [0.25, 0.3) is 5.91 Å². The minimum atomic E-state index is -3.32. The summed E-state index contributed by atoms with van der Waals surface area (Å²) < 4.78 is 33.8. The zero-order valence-electron chi connectivity index (χ0n) is 19.2. The minimum Gasteiger partial charge on any atom is -0.396 e. The molecule has 1 aromatic rings. The SMILES string of the molecule is O=C(N[C@H]1C[C@H]2CC[C@@H](C1)N2S(=O)(=O)CC1CCN(CCCO)CC1)c1cc(C2CC2)on1. The molecule has 3 aliphatic heterocycles. The molecule has 5 rings (SSSR count). The van der Waals surface area contributed by atoms with E-state index in [-0.39, 0.29) is 42.3 Å². The molecular formula is C23H36N4O5S. The van der Waals surface area contributed by atoms with Crippen molar-refractivity contribution in [1.82, 2.24) is 19.7 Å². The Morgan fingerprint density at radius 1 is 1.12 bits per heavy atom. The number of nitrogens with zero attached hydrogens (tertiary/aromatic N) is 3. The number of sulfonamides is 1. The zero-order chi connectivity index (χ0) is 23.0. The summed E-state index contributed by atoms with van der Waals surface area (Å²) in [5, 5.41) is 16.0. The second kappa shape index (κ2) is 9.64. The minimum absolute atomic E-state index is 0.0250. The van der Waals surface area contributed by atoms with Gasteiger partial charge in [-0.05, 0) is 76.8 Å². The highest BCUT2D eigenvalue weighted by molar-refractivity contribution is 7.89. The van der Waals surface area contributed by atoms with Crippen LogP contribution in [0.4, 0.5) is 0 Å². The molecule has 10 heteroatoms. The van der Waals surface area contributed by atoms with Crippen molar-refractivity contribution in [3.8, 4) is 0 Å². The molecule has 4 aliphatic rings. The molecule has 1 aliphatic carbocycles. The topological polar surface area (TPSA) is 116 Å². The first-order valence-corrected chi connectivity index (χ1v) is 14.2. The fourth-order valence-electron chi connectivity index (χ4n) is 5.98. The van der Waals surface area contributed by atoms with Crippen LogP contribution in [0.3, 0.4) is 0 Å². The van der Waals surface area contributed by atoms with E-state index in [9.17, 15) is 13.2 Å². The Kier molecular flexibility index (Phi) is 6.79. The lowest BCUT2D eigenvalue weighted by Crippen LogP contribution is -2.53. The van der Waals surface area contributed by atoms with Gasteiger partial charge in [0.1, 0.15) is 5.76 Å². The molecule has 2 bridgehead atoms. The number of amides is 1. The summed E-state index contributed by atoms with van der Waals surface area (Å²) in [5.41, 5.74) is 0.324. The molecule has 1 amide bonds. The van der Waals surface area contributed by atoms with Crippen LogP contribution in [0, 0.1) is 5.92 Å². The van der Waals surface area contributed by atoms with Crippen LogP contribution in [-0.4, -0.2) is 83.9 Å². The Morgan fingerprint density at radius 2 is 1.82 bits per heavy atom. The standard InChI is InChI=1S/C23H36N4O5S/c28-11-1-8-26-9-6-16(7-10-26)15-33(30,31)27-19-4-5-20(27)13-18(12-19)24-23(29)21-14-22(32-25-21)17-2-3-17/h14,16-20,28H,1-13,15H2,(H,24,29)/t18-,19+,20-. The highest BCUT2D eigenvalue weighted by Crippen LogP contribution is 2.41. The van der Waals surface area contributed by atoms with Crippen molar-refractivity contribution in [3.63, 3.8) is 0 Å². The number of nitrogens with one attached hydrogen (secondary N) is 1. The van der Waals surface area contributed by atoms with Gasteiger partial charge in [-0.25, -0.2) is 8.42 Å². The average Bonchev–Trinajstić information content (AvgIpc) is 3.44. The van der Waals surface area contributed by atoms with Gasteiger partial charge in [0, 0.05) is 43.3 Å². The van der Waals surface area contributed by atoms with Gasteiger partial charge in [-0.3, -0.25) is 4.79 Å². The van der Waals surface area contributed by atoms with Crippen LogP contribution in [0.15, 0.2) is 10.6 Å². The van der Waals surface area contributed by atoms with Crippen LogP contribution >= 0.6 is 0 Å². The van der Waals surface area contributed by atoms with Crippen molar-refractivity contribution in [2.45, 2.75) is 81.8 Å². The smallest absolute Gasteiger partial charge is 0.273 e. The Labute approximate surface area is 195 Å². The maximum Gasteiger partial charge on any atom is 0.273 e. The van der Waals surface area contributed by atoms with Crippen molar-refractivity contribution < 1.29 is 22.8 Å². The quantitative estimate of drug-likeness (QED) is 0.553. The van der Waals surface area contributed by atoms with Gasteiger partial charge < -0.3 is 19.8 Å². The molecule has 2 N–H and O–H groups in total. The zero-order valence-corrected chi connectivity index (χ0v) is 20.0. The van der Waals surface area contributed by atoms with Crippen molar-refractivity contribution in [3.05, 3.63) is 17.5 Å². The maximum absolute atomic E-state index is 13.4. The van der Waals surface area contributed by atoms with E-state index >= 15 is 0 Å². The number of aromatic nitrogens is 1. The number of likely N-dealkylation sites (tertiary alicyclic amines) is 1. The number of hydrogen-bond donors (Lipinski definition) is 2. The number of piperidine rings is 2. The molecule has 4 heterocycles. The summed E-state index contributed by atoms with van der Waals surface area (Å²) in [6, 6.07) is 1.67. The summed E-state index contributed by atoms with van der Waals surface area (Å²) in [4.78, 5) is 15.0. The molecule has 4 fully saturated rings. The third-order valence-electron chi connectivity index (χ3n) is 7.85. The fraction of sp³-hybridized carbons (Fsp3) is 0.826. The molecule has 1 saturated carbocycles. The highest BCUT2D eigenvalue weighted by atomic mass is 32.2. The molecule has 0 unspecified atom stereocenters. The Balaban J connectivity index is 1.14. The summed E-state index contributed by atoms with van der Waals surface area (Å²) in [6.45, 7) is 2.90. The average molecular weight is 481 g/mol. The number of aliphatic hydroxyl groups is 1. The van der Waals surface area contributed by atoms with E-state index in [1.807, 2.05) is 0 Å². The number of rotatable bonds is 9. The maximum atomic E-state index is 13.4. The van der Waals surface area contributed by atoms with Gasteiger partial charge in [-0.1, -0.05) is 5.16 Å². The predicted octanol–water partition coefficient (Wildman–Crippen LogP) is 1.70. The number of carbonyl (C=O) groups is 1. The van der Waals surface area contributed by atoms with Crippen molar-refractivity contribution in [1.29, 1.82) is 0 Å². The molecule has 3 atom stereocenters. The second-order valence-electron chi connectivity index (χ2n) is 10.4. The third-order valence-corrected chi connectivity index (χ3v) is 9.98. The molecule has 33 heavy (non-hydrogen) atoms. The summed E-state index contributed by atoms with van der Waals surface area (Å²) in [5.74, 6) is 1.41. The van der Waals surface area contributed by atoms with Crippen molar-refractivity contribution in [2.24, 2.45) is 5.92 Å². The lowest BCUT2D eigenvalue weighted by molar-refractivity contribution is 0.0900. The van der Waals surface area contributed by atoms with Gasteiger partial charge >= 0.3 is 0 Å². The van der Waals surface area contributed by atoms with E-state index in [1.165, 1.54) is 0 Å². The lowest BCUT2D eigenvalue weighted by atomic mass is 9.99. The van der Waals surface area contributed by atoms with Gasteiger partial charge in [0.2, 0.25) is 10.0 Å². The van der Waals surface area contributed by atoms with Crippen molar-refractivity contribution in [2.75, 3.05) is 32.0 Å². The first kappa shape index (κ1) is 23.3. The van der Waals surface area contributed by atoms with Crippen molar-refractivity contribution >= 4 is 15.9 Å². The van der Waals surface area contributed by atoms with Crippen LogP contribution in [0.25, 0.3) is 0 Å². The van der Waals surface area contributed by atoms with Crippen LogP contribution in [-0.2, 0) is 10.0 Å². The largest absolute Gasteiger partial charge is 0.396 e. The van der Waals surface area contributed by atoms with Gasteiger partial charge in [-0.15, -0.1) is 0 Å². The molecule has 184 valence electrons. The first-order chi connectivity index (χ1) is 15.9. The monoisotopic (exact) mass is 480 g/mol. The number of fused-ring (bicyclic) bond motifs is 2. The molecule has 0 spiro atoms. The Morgan fingerprint density at radius 3 is 2.45 bits per heavy atom. The van der Waals surface area contributed by atoms with Gasteiger partial charge in [-0.2, -0.15) is 4.31 Å². The number of hydrogen-bond acceptors (Lipinski definition) is 7. The molecule has 0 radical (unpaired) electrons. The van der Waals surface area contributed by atoms with E-state index in [1.54, 1.807) is 10.4 Å². The lowest BCUT2D eigenvalue weighted by Gasteiger charge is -2.39. The fourth-order valence-corrected chi connectivity index (χ4v) is 8.37. The van der Waals surface area contributed by atoms with E-state index < -0.39 is 10.0 Å². The summed E-state index contributed by atoms with van der Waals surface area (Å²) in [6.07, 6.45) is 7.81. The normalized spacial score (nSPS) is 29.4. The summed E-state index contributed by atoms with van der Waals surface area (Å²) >= 11 is 0. The highest BCUT2D eigenvalue weighted by Gasteiger charge is 2.47. The van der Waals surface area contributed by atoms with Crippen LogP contribution in [0.2, 0.25) is 0 Å². The molecule has 9 nitrogen and oxygen atoms in total. The van der Waals surface area contributed by atoms with E-state index in [4.69, 9.17) is 9.63 Å². The molecular weight excluding hydrogens is 444 g/mol. The van der Waals surface area contributed by atoms with Gasteiger partial charge in [0.15, 0.2) is 5.69 Å². The molecule has 3 saturated heterocycles. The predicted molar refractivity (Wildman–Crippen MR) is 122 cm³/mol. The van der Waals surface area contributed by atoms with Crippen LogP contribution in [0.5, 0.6) is 0 Å². The van der Waals surface area contributed by atoms with E-state index in [0.29, 0.717) is 24.5 Å². The molecule has 0 aromatic carbocycles. The second-order valence-corrected chi connectivity index (χ2v) is 12.3. The third kappa shape index (κ3) is 5.28. The van der Waals surface area contributed by atoms with Crippen LogP contribution < -0.4 is 5.32 Å². The Hall–Kier alpha value is -1.49. The summed E-state index contributed by atoms with van der Waals surface area (Å²) in [7, 11) is -3.32. The number of aliphatic hydroxyl groups excluding tert-OH is 1. The number of carbonyl (C=O) groups excluding carboxylic acids is 1. The van der Waals surface area contributed by atoms with Crippen LogP contribution in [0.1, 0.15) is 80.0 Å². The molecule has 1 aromatic heterocycles. The van der Waals surface area contributed by atoms with E-state index in [0.717, 1.165) is 70.3 Å². The van der Waals surface area contributed by atoms with E-state index in [2.05, 4.69) is 15.4 Å². The van der Waals surface area contributed by atoms with Gasteiger partial charge in [0.05, 0.1) is 5.75 Å². The first-order valence-electron chi connectivity index (χ1n) is 12.5.